The van der Waals surface area contributed by atoms with Crippen LogP contribution in [0, 0.1) is 19.8 Å². The highest BCUT2D eigenvalue weighted by molar-refractivity contribution is 7.92. The molecule has 226 valence electrons. The van der Waals surface area contributed by atoms with Crippen LogP contribution in [0.3, 0.4) is 0 Å². The quantitative estimate of drug-likeness (QED) is 0.267. The third kappa shape index (κ3) is 8.35. The predicted octanol–water partition coefficient (Wildman–Crippen LogP) is 5.48. The highest BCUT2D eigenvalue weighted by Crippen LogP contribution is 2.33. The fourth-order valence-electron chi connectivity index (χ4n) is 4.64. The van der Waals surface area contributed by atoms with Crippen molar-refractivity contribution in [1.29, 1.82) is 0 Å². The van der Waals surface area contributed by atoms with Gasteiger partial charge < -0.3 is 15.0 Å². The first-order valence-electron chi connectivity index (χ1n) is 14.4. The van der Waals surface area contributed by atoms with Crippen molar-refractivity contribution in [2.45, 2.75) is 65.4 Å². The lowest BCUT2D eigenvalue weighted by Gasteiger charge is -2.33. The third-order valence-corrected chi connectivity index (χ3v) is 8.60. The zero-order chi connectivity index (χ0) is 30.9. The van der Waals surface area contributed by atoms with Gasteiger partial charge in [0.1, 0.15) is 18.3 Å². The van der Waals surface area contributed by atoms with E-state index < -0.39 is 28.5 Å². The Hall–Kier alpha value is -3.85. The summed E-state index contributed by atoms with van der Waals surface area (Å²) in [6.07, 6.45) is 0.363. The van der Waals surface area contributed by atoms with Gasteiger partial charge in [0.15, 0.2) is 0 Å². The number of benzene rings is 3. The maximum atomic E-state index is 14.3. The van der Waals surface area contributed by atoms with E-state index in [1.807, 2.05) is 65.8 Å². The number of hydrogen-bond acceptors (Lipinski definition) is 5. The Labute approximate surface area is 250 Å². The Morgan fingerprint density at radius 3 is 2.21 bits per heavy atom. The van der Waals surface area contributed by atoms with E-state index in [4.69, 9.17) is 4.74 Å². The number of rotatable bonds is 14. The number of nitrogens with zero attached hydrogens (tertiary/aromatic N) is 2. The molecule has 0 aliphatic rings. The zero-order valence-corrected chi connectivity index (χ0v) is 26.3. The van der Waals surface area contributed by atoms with Crippen LogP contribution in [0.15, 0.2) is 77.7 Å². The minimum absolute atomic E-state index is 0.0548. The Morgan fingerprint density at radius 2 is 1.60 bits per heavy atom. The lowest BCUT2D eigenvalue weighted by molar-refractivity contribution is -0.140. The van der Waals surface area contributed by atoms with E-state index in [1.165, 1.54) is 17.0 Å². The number of hydrogen-bond donors (Lipinski definition) is 1. The number of anilines is 1. The number of ether oxygens (including phenoxy) is 1. The van der Waals surface area contributed by atoms with Crippen LogP contribution in [0.4, 0.5) is 5.69 Å². The summed E-state index contributed by atoms with van der Waals surface area (Å²) in [7, 11) is -4.19. The first-order chi connectivity index (χ1) is 20.0. The molecule has 1 N–H and O–H groups in total. The summed E-state index contributed by atoms with van der Waals surface area (Å²) < 4.78 is 35.1. The highest BCUT2D eigenvalue weighted by atomic mass is 32.2. The second-order valence-corrected chi connectivity index (χ2v) is 12.7. The van der Waals surface area contributed by atoms with Crippen LogP contribution in [0.25, 0.3) is 0 Å². The number of amides is 2. The van der Waals surface area contributed by atoms with E-state index in [1.54, 1.807) is 36.4 Å². The van der Waals surface area contributed by atoms with Crippen molar-refractivity contribution in [2.75, 3.05) is 24.0 Å². The minimum atomic E-state index is -4.19. The number of sulfonamides is 1. The standard InChI is InChI=1S/C33H43N3O5S/c1-7-29(33(38)34-21-24(3)4)35(22-27-13-11-12-26(6)20-27)32(37)23-36(30-14-9-10-15-31(30)41-8-2)42(39,40)28-18-16-25(5)17-19-28/h9-20,24,29H,7-8,21-23H2,1-6H3,(H,34,38). The molecule has 0 saturated carbocycles. The van der Waals surface area contributed by atoms with E-state index in [-0.39, 0.29) is 29.0 Å². The molecule has 0 spiro atoms. The maximum Gasteiger partial charge on any atom is 0.264 e. The lowest BCUT2D eigenvalue weighted by atomic mass is 10.1. The van der Waals surface area contributed by atoms with Gasteiger partial charge in [-0.3, -0.25) is 13.9 Å². The Bertz CT molecular complexity index is 1450. The summed E-state index contributed by atoms with van der Waals surface area (Å²) in [5.41, 5.74) is 3.03. The molecule has 3 aromatic carbocycles. The molecule has 0 aliphatic carbocycles. The first kappa shape index (κ1) is 32.7. The maximum absolute atomic E-state index is 14.3. The van der Waals surface area contributed by atoms with Gasteiger partial charge in [0, 0.05) is 13.1 Å². The number of carbonyl (C=O) groups is 2. The normalized spacial score (nSPS) is 12.1. The fourth-order valence-corrected chi connectivity index (χ4v) is 6.07. The molecule has 0 bridgehead atoms. The van der Waals surface area contributed by atoms with Crippen molar-refractivity contribution < 1.29 is 22.7 Å². The largest absolute Gasteiger partial charge is 0.492 e. The van der Waals surface area contributed by atoms with Gasteiger partial charge in [-0.25, -0.2) is 8.42 Å². The Kier molecular flexibility index (Phi) is 11.6. The van der Waals surface area contributed by atoms with Crippen LogP contribution < -0.4 is 14.4 Å². The van der Waals surface area contributed by atoms with Gasteiger partial charge in [-0.1, -0.05) is 80.4 Å². The molecule has 0 heterocycles. The summed E-state index contributed by atoms with van der Waals surface area (Å²) in [5.74, 6) is -0.187. The number of nitrogens with one attached hydrogen (secondary N) is 1. The molecule has 0 aliphatic heterocycles. The highest BCUT2D eigenvalue weighted by Gasteiger charge is 2.34. The zero-order valence-electron chi connectivity index (χ0n) is 25.5. The van der Waals surface area contributed by atoms with Gasteiger partial charge in [0.25, 0.3) is 10.0 Å². The summed E-state index contributed by atoms with van der Waals surface area (Å²) >= 11 is 0. The SMILES string of the molecule is CCOc1ccccc1N(CC(=O)N(Cc1cccc(C)c1)C(CC)C(=O)NCC(C)C)S(=O)(=O)c1ccc(C)cc1. The summed E-state index contributed by atoms with van der Waals surface area (Å²) in [6.45, 7) is 11.9. The van der Waals surface area contributed by atoms with Crippen molar-refractivity contribution in [3.8, 4) is 5.75 Å². The van der Waals surface area contributed by atoms with Crippen molar-refractivity contribution in [3.63, 3.8) is 0 Å². The third-order valence-electron chi connectivity index (χ3n) is 6.83. The monoisotopic (exact) mass is 593 g/mol. The second-order valence-electron chi connectivity index (χ2n) is 10.8. The topological polar surface area (TPSA) is 96.0 Å². The molecule has 1 unspecified atom stereocenters. The van der Waals surface area contributed by atoms with E-state index in [2.05, 4.69) is 5.32 Å². The van der Waals surface area contributed by atoms with E-state index >= 15 is 0 Å². The van der Waals surface area contributed by atoms with Crippen molar-refractivity contribution in [1.82, 2.24) is 10.2 Å². The molecule has 42 heavy (non-hydrogen) atoms. The van der Waals surface area contributed by atoms with E-state index in [0.717, 1.165) is 21.0 Å². The van der Waals surface area contributed by atoms with Gasteiger partial charge in [0.2, 0.25) is 11.8 Å². The molecular formula is C33H43N3O5S. The van der Waals surface area contributed by atoms with Crippen LogP contribution in [0.2, 0.25) is 0 Å². The van der Waals surface area contributed by atoms with E-state index in [0.29, 0.717) is 25.3 Å². The molecule has 2 amide bonds. The van der Waals surface area contributed by atoms with Gasteiger partial charge >= 0.3 is 0 Å². The summed E-state index contributed by atoms with van der Waals surface area (Å²) in [6, 6.07) is 20.2. The van der Waals surface area contributed by atoms with E-state index in [9.17, 15) is 18.0 Å². The molecule has 8 nitrogen and oxygen atoms in total. The molecule has 9 heteroatoms. The number of para-hydroxylation sites is 2. The second kappa shape index (κ2) is 14.9. The van der Waals surface area contributed by atoms with Crippen LogP contribution in [-0.4, -0.2) is 50.9 Å². The predicted molar refractivity (Wildman–Crippen MR) is 167 cm³/mol. The molecule has 0 fully saturated rings. The Morgan fingerprint density at radius 1 is 0.905 bits per heavy atom. The van der Waals surface area contributed by atoms with Crippen LogP contribution in [0.1, 0.15) is 50.8 Å². The molecule has 0 aromatic heterocycles. The molecule has 3 aromatic rings. The Balaban J connectivity index is 2.10. The average Bonchev–Trinajstić information content (AvgIpc) is 2.95. The van der Waals surface area contributed by atoms with Gasteiger partial charge in [-0.2, -0.15) is 0 Å². The molecule has 0 saturated heterocycles. The van der Waals surface area contributed by atoms with Gasteiger partial charge in [0.05, 0.1) is 17.2 Å². The lowest BCUT2D eigenvalue weighted by Crippen LogP contribution is -2.52. The summed E-state index contributed by atoms with van der Waals surface area (Å²) in [5, 5.41) is 2.95. The minimum Gasteiger partial charge on any atom is -0.492 e. The molecule has 1 atom stereocenters. The number of aryl methyl sites for hydroxylation is 2. The van der Waals surface area contributed by atoms with Crippen LogP contribution in [0.5, 0.6) is 5.75 Å². The average molecular weight is 594 g/mol. The van der Waals surface area contributed by atoms with Crippen molar-refractivity contribution in [2.24, 2.45) is 5.92 Å². The van der Waals surface area contributed by atoms with Gasteiger partial charge in [-0.15, -0.1) is 0 Å². The molecule has 3 rings (SSSR count). The van der Waals surface area contributed by atoms with Crippen molar-refractivity contribution in [3.05, 3.63) is 89.5 Å². The first-order valence-corrected chi connectivity index (χ1v) is 15.9. The summed E-state index contributed by atoms with van der Waals surface area (Å²) in [4.78, 5) is 29.2. The van der Waals surface area contributed by atoms with Crippen molar-refractivity contribution >= 4 is 27.5 Å². The van der Waals surface area contributed by atoms with Crippen LogP contribution >= 0.6 is 0 Å². The fraction of sp³-hybridized carbons (Fsp3) is 0.394. The van der Waals surface area contributed by atoms with Crippen LogP contribution in [-0.2, 0) is 26.2 Å². The van der Waals surface area contributed by atoms with Gasteiger partial charge in [-0.05, 0) is 62.9 Å². The molecule has 0 radical (unpaired) electrons. The smallest absolute Gasteiger partial charge is 0.264 e. The number of carbonyl (C=O) groups excluding carboxylic acids is 2. The molecular weight excluding hydrogens is 550 g/mol.